The number of carbonyl (C=O) groups is 2. The summed E-state index contributed by atoms with van der Waals surface area (Å²) in [5.74, 6) is 3.04. The van der Waals surface area contributed by atoms with E-state index in [1.807, 2.05) is 43.3 Å². The molecule has 5 nitrogen and oxygen atoms in total. The maximum atomic E-state index is 13.2. The first-order valence-electron chi connectivity index (χ1n) is 12.3. The van der Waals surface area contributed by atoms with E-state index >= 15 is 0 Å². The van der Waals surface area contributed by atoms with Crippen LogP contribution in [0.5, 0.6) is 0 Å². The molecule has 1 aliphatic heterocycles. The summed E-state index contributed by atoms with van der Waals surface area (Å²) < 4.78 is 0. The number of hydrogen-bond donors (Lipinski definition) is 1. The minimum Gasteiger partial charge on any atom is -0.378 e. The van der Waals surface area contributed by atoms with Gasteiger partial charge in [-0.1, -0.05) is 0 Å². The van der Waals surface area contributed by atoms with Crippen LogP contribution >= 0.6 is 0 Å². The fraction of sp³-hybridized carbons (Fsp3) is 0.692. The molecule has 4 bridgehead atoms. The highest BCUT2D eigenvalue weighted by Crippen LogP contribution is 2.61. The van der Waals surface area contributed by atoms with Gasteiger partial charge in [-0.3, -0.25) is 9.59 Å². The molecule has 4 saturated carbocycles. The number of anilines is 1. The van der Waals surface area contributed by atoms with Crippen LogP contribution in [0.3, 0.4) is 0 Å². The number of benzene rings is 1. The molecule has 4 aliphatic carbocycles. The lowest BCUT2D eigenvalue weighted by atomic mass is 9.49. The van der Waals surface area contributed by atoms with Crippen LogP contribution in [-0.4, -0.2) is 49.9 Å². The highest BCUT2D eigenvalue weighted by Gasteiger charge is 2.51. The fourth-order valence-electron chi connectivity index (χ4n) is 7.39. The van der Waals surface area contributed by atoms with Gasteiger partial charge in [0.2, 0.25) is 5.91 Å². The molecule has 1 N–H and O–H groups in total. The number of piperidine rings is 1. The zero-order chi connectivity index (χ0) is 21.6. The summed E-state index contributed by atoms with van der Waals surface area (Å²) >= 11 is 0. The van der Waals surface area contributed by atoms with Gasteiger partial charge in [0.05, 0.1) is 0 Å². The van der Waals surface area contributed by atoms with E-state index < -0.39 is 0 Å². The maximum absolute atomic E-state index is 13.2. The van der Waals surface area contributed by atoms with E-state index in [4.69, 9.17) is 0 Å². The number of amides is 2. The molecule has 0 atom stereocenters. The van der Waals surface area contributed by atoms with Crippen LogP contribution in [0.1, 0.15) is 68.1 Å². The second-order valence-corrected chi connectivity index (χ2v) is 11.2. The maximum Gasteiger partial charge on any atom is 0.251 e. The third kappa shape index (κ3) is 4.33. The molecular formula is C26H37N3O2. The lowest BCUT2D eigenvalue weighted by Gasteiger charge is -2.57. The quantitative estimate of drug-likeness (QED) is 0.776. The Kier molecular flexibility index (Phi) is 5.47. The largest absolute Gasteiger partial charge is 0.378 e. The van der Waals surface area contributed by atoms with Crippen molar-refractivity contribution in [3.63, 3.8) is 0 Å². The van der Waals surface area contributed by atoms with Crippen molar-refractivity contribution in [2.75, 3.05) is 32.1 Å². The van der Waals surface area contributed by atoms with Gasteiger partial charge in [0.1, 0.15) is 0 Å². The predicted molar refractivity (Wildman–Crippen MR) is 123 cm³/mol. The van der Waals surface area contributed by atoms with Gasteiger partial charge in [-0.2, -0.15) is 0 Å². The molecule has 0 spiro atoms. The van der Waals surface area contributed by atoms with Gasteiger partial charge in [0.15, 0.2) is 0 Å². The molecular weight excluding hydrogens is 386 g/mol. The van der Waals surface area contributed by atoms with Gasteiger partial charge < -0.3 is 15.1 Å². The van der Waals surface area contributed by atoms with E-state index in [2.05, 4.69) is 10.2 Å². The summed E-state index contributed by atoms with van der Waals surface area (Å²) in [7, 11) is 3.99. The van der Waals surface area contributed by atoms with E-state index in [1.165, 1.54) is 38.5 Å². The molecule has 0 unspecified atom stereocenters. The average Bonchev–Trinajstić information content (AvgIpc) is 2.73. The first kappa shape index (κ1) is 20.8. The van der Waals surface area contributed by atoms with Gasteiger partial charge in [0, 0.05) is 50.9 Å². The molecule has 2 amide bonds. The number of hydrogen-bond acceptors (Lipinski definition) is 3. The van der Waals surface area contributed by atoms with Crippen molar-refractivity contribution in [1.82, 2.24) is 10.2 Å². The topological polar surface area (TPSA) is 52.7 Å². The van der Waals surface area contributed by atoms with Crippen LogP contribution in [0.15, 0.2) is 24.3 Å². The third-order valence-electron chi connectivity index (χ3n) is 8.52. The van der Waals surface area contributed by atoms with Crippen LogP contribution in [0.25, 0.3) is 0 Å². The second-order valence-electron chi connectivity index (χ2n) is 11.2. The summed E-state index contributed by atoms with van der Waals surface area (Å²) in [6.45, 7) is 1.55. The molecule has 168 valence electrons. The van der Waals surface area contributed by atoms with Crippen LogP contribution in [-0.2, 0) is 4.79 Å². The highest BCUT2D eigenvalue weighted by atomic mass is 16.2. The van der Waals surface area contributed by atoms with Gasteiger partial charge in [0.25, 0.3) is 5.91 Å². The lowest BCUT2D eigenvalue weighted by Crippen LogP contribution is -2.50. The third-order valence-corrected chi connectivity index (χ3v) is 8.52. The summed E-state index contributed by atoms with van der Waals surface area (Å²) in [5.41, 5.74) is 2.10. The van der Waals surface area contributed by atoms with E-state index in [-0.39, 0.29) is 11.9 Å². The van der Waals surface area contributed by atoms with Gasteiger partial charge in [-0.15, -0.1) is 0 Å². The van der Waals surface area contributed by atoms with Gasteiger partial charge >= 0.3 is 0 Å². The molecule has 6 rings (SSSR count). The SMILES string of the molecule is CN(C)c1ccc(C(=O)NC2CCN(C(=O)CC34CC5CC(CC(C5)C3)C4)CC2)cc1. The van der Waals surface area contributed by atoms with E-state index in [9.17, 15) is 9.59 Å². The van der Waals surface area contributed by atoms with Crippen LogP contribution in [0, 0.1) is 23.2 Å². The molecule has 1 aromatic rings. The summed E-state index contributed by atoms with van der Waals surface area (Å²) in [6, 6.07) is 7.87. The molecule has 1 saturated heterocycles. The molecule has 0 aromatic heterocycles. The van der Waals surface area contributed by atoms with Crippen molar-refractivity contribution in [2.45, 2.75) is 63.8 Å². The number of rotatable bonds is 5. The van der Waals surface area contributed by atoms with E-state index in [0.29, 0.717) is 16.9 Å². The Bertz CT molecular complexity index is 788. The number of nitrogens with one attached hydrogen (secondary N) is 1. The van der Waals surface area contributed by atoms with Crippen molar-refractivity contribution in [2.24, 2.45) is 23.2 Å². The summed E-state index contributed by atoms with van der Waals surface area (Å²) in [6.07, 6.45) is 10.6. The van der Waals surface area contributed by atoms with Crippen molar-refractivity contribution in [3.8, 4) is 0 Å². The van der Waals surface area contributed by atoms with E-state index in [1.54, 1.807) is 0 Å². The standard InChI is InChI=1S/C26H37N3O2/c1-28(2)23-5-3-21(4-6-23)25(31)27-22-7-9-29(10-8-22)24(30)17-26-14-18-11-19(15-26)13-20(12-18)16-26/h3-6,18-20,22H,7-17H2,1-2H3,(H,27,31). The Labute approximate surface area is 186 Å². The Morgan fingerprint density at radius 3 is 2.03 bits per heavy atom. The number of carbonyl (C=O) groups excluding carboxylic acids is 2. The molecule has 5 aliphatic rings. The van der Waals surface area contributed by atoms with Crippen molar-refractivity contribution < 1.29 is 9.59 Å². The molecule has 5 fully saturated rings. The predicted octanol–water partition coefficient (Wildman–Crippen LogP) is 4.08. The zero-order valence-corrected chi connectivity index (χ0v) is 19.1. The molecule has 31 heavy (non-hydrogen) atoms. The first-order chi connectivity index (χ1) is 14.9. The molecule has 0 radical (unpaired) electrons. The summed E-state index contributed by atoms with van der Waals surface area (Å²) in [5, 5.41) is 3.18. The van der Waals surface area contributed by atoms with Gasteiger partial charge in [-0.05, 0) is 98.8 Å². The zero-order valence-electron chi connectivity index (χ0n) is 19.1. The Morgan fingerprint density at radius 2 is 1.52 bits per heavy atom. The smallest absolute Gasteiger partial charge is 0.251 e. The van der Waals surface area contributed by atoms with Crippen molar-refractivity contribution in [1.29, 1.82) is 0 Å². The molecule has 1 heterocycles. The average molecular weight is 424 g/mol. The van der Waals surface area contributed by atoms with Crippen molar-refractivity contribution >= 4 is 17.5 Å². The monoisotopic (exact) mass is 423 g/mol. The Balaban J connectivity index is 1.11. The first-order valence-corrected chi connectivity index (χ1v) is 12.3. The van der Waals surface area contributed by atoms with E-state index in [0.717, 1.165) is 55.8 Å². The lowest BCUT2D eigenvalue weighted by molar-refractivity contribution is -0.140. The van der Waals surface area contributed by atoms with Crippen LogP contribution < -0.4 is 10.2 Å². The minimum atomic E-state index is -0.0105. The molecule has 5 heteroatoms. The normalized spacial score (nSPS) is 32.2. The number of nitrogens with zero attached hydrogens (tertiary/aromatic N) is 2. The van der Waals surface area contributed by atoms with Crippen LogP contribution in [0.4, 0.5) is 5.69 Å². The Hall–Kier alpha value is -2.04. The Morgan fingerprint density at radius 1 is 0.968 bits per heavy atom. The minimum absolute atomic E-state index is 0.0105. The van der Waals surface area contributed by atoms with Crippen LogP contribution in [0.2, 0.25) is 0 Å². The van der Waals surface area contributed by atoms with Gasteiger partial charge in [-0.25, -0.2) is 0 Å². The number of likely N-dealkylation sites (tertiary alicyclic amines) is 1. The molecule has 1 aromatic carbocycles. The van der Waals surface area contributed by atoms with Crippen molar-refractivity contribution in [3.05, 3.63) is 29.8 Å². The second kappa shape index (κ2) is 8.14. The highest BCUT2D eigenvalue weighted by molar-refractivity contribution is 5.94. The summed E-state index contributed by atoms with van der Waals surface area (Å²) in [4.78, 5) is 29.9. The fourth-order valence-corrected chi connectivity index (χ4v) is 7.39.